The smallest absolute Gasteiger partial charge is 0.332 e. The molecule has 4 N–H and O–H groups in total. The third-order valence-electron chi connectivity index (χ3n) is 3.13. The molecule has 8 heteroatoms. The maximum absolute atomic E-state index is 11.7. The van der Waals surface area contributed by atoms with Gasteiger partial charge < -0.3 is 25.8 Å². The molecule has 1 fully saturated rings. The highest BCUT2D eigenvalue weighted by Crippen LogP contribution is 2.18. The molecule has 1 aliphatic heterocycles. The first kappa shape index (κ1) is 17.2. The number of carbonyl (C=O) groups excluding carboxylic acids is 2. The quantitative estimate of drug-likeness (QED) is 0.515. The van der Waals surface area contributed by atoms with E-state index in [9.17, 15) is 14.4 Å². The molecule has 0 spiro atoms. The van der Waals surface area contributed by atoms with E-state index < -0.39 is 17.5 Å². The average Bonchev–Trinajstić information content (AvgIpc) is 2.86. The minimum Gasteiger partial charge on any atom is -0.479 e. The van der Waals surface area contributed by atoms with Gasteiger partial charge in [0.05, 0.1) is 6.61 Å². The van der Waals surface area contributed by atoms with Gasteiger partial charge in [-0.05, 0) is 5.92 Å². The van der Waals surface area contributed by atoms with Crippen LogP contribution in [0.3, 0.4) is 0 Å². The van der Waals surface area contributed by atoms with Crippen molar-refractivity contribution in [3.05, 3.63) is 0 Å². The van der Waals surface area contributed by atoms with Crippen LogP contribution in [0.25, 0.3) is 0 Å². The molecular formula is C13H23N3O5. The van der Waals surface area contributed by atoms with Crippen LogP contribution in [0.15, 0.2) is 0 Å². The van der Waals surface area contributed by atoms with Gasteiger partial charge in [0.15, 0.2) is 5.54 Å². The lowest BCUT2D eigenvalue weighted by atomic mass is 9.99. The zero-order valence-corrected chi connectivity index (χ0v) is 12.4. The van der Waals surface area contributed by atoms with Crippen molar-refractivity contribution in [1.29, 1.82) is 0 Å². The van der Waals surface area contributed by atoms with Crippen LogP contribution in [0, 0.1) is 5.92 Å². The standard InChI is InChI=1S/C13H23N3O5/c1-9(2)7-15-10(17)3-5-14-12(20)16-13(11(18)19)4-6-21-8-13/h9H,3-8H2,1-2H3,(H,15,17)(H,18,19)(H2,14,16,20). The molecule has 1 atom stereocenters. The molecule has 1 rings (SSSR count). The lowest BCUT2D eigenvalue weighted by Crippen LogP contribution is -2.57. The number of urea groups is 1. The van der Waals surface area contributed by atoms with Gasteiger partial charge in [-0.2, -0.15) is 0 Å². The largest absolute Gasteiger partial charge is 0.479 e. The van der Waals surface area contributed by atoms with E-state index in [-0.39, 0.29) is 31.9 Å². The lowest BCUT2D eigenvalue weighted by Gasteiger charge is -2.23. The Bertz CT molecular complexity index is 391. The molecule has 0 bridgehead atoms. The number of rotatable bonds is 7. The lowest BCUT2D eigenvalue weighted by molar-refractivity contribution is -0.144. The van der Waals surface area contributed by atoms with Gasteiger partial charge in [-0.3, -0.25) is 4.79 Å². The number of aliphatic carboxylic acids is 1. The van der Waals surface area contributed by atoms with Crippen molar-refractivity contribution in [3.8, 4) is 0 Å². The molecule has 0 radical (unpaired) electrons. The fraction of sp³-hybridized carbons (Fsp3) is 0.769. The molecule has 1 unspecified atom stereocenters. The van der Waals surface area contributed by atoms with E-state index in [1.54, 1.807) is 0 Å². The minimum atomic E-state index is -1.37. The van der Waals surface area contributed by atoms with Gasteiger partial charge in [0.1, 0.15) is 0 Å². The summed E-state index contributed by atoms with van der Waals surface area (Å²) in [5, 5.41) is 16.8. The summed E-state index contributed by atoms with van der Waals surface area (Å²) in [7, 11) is 0. The Morgan fingerprint density at radius 1 is 1.29 bits per heavy atom. The minimum absolute atomic E-state index is 0.0510. The summed E-state index contributed by atoms with van der Waals surface area (Å²) >= 11 is 0. The maximum atomic E-state index is 11.7. The second-order valence-corrected chi connectivity index (χ2v) is 5.52. The Hall–Kier alpha value is -1.83. The highest BCUT2D eigenvalue weighted by Gasteiger charge is 2.43. The van der Waals surface area contributed by atoms with Crippen LogP contribution in [0.1, 0.15) is 26.7 Å². The molecule has 1 heterocycles. The van der Waals surface area contributed by atoms with Crippen molar-refractivity contribution >= 4 is 17.9 Å². The van der Waals surface area contributed by atoms with E-state index in [2.05, 4.69) is 16.0 Å². The Kier molecular flexibility index (Phi) is 6.41. The molecule has 3 amide bonds. The van der Waals surface area contributed by atoms with Gasteiger partial charge in [0.25, 0.3) is 0 Å². The molecule has 0 aromatic rings. The second kappa shape index (κ2) is 7.82. The van der Waals surface area contributed by atoms with Gasteiger partial charge in [-0.1, -0.05) is 13.8 Å². The number of carboxylic acid groups (broad SMARTS) is 1. The Morgan fingerprint density at radius 3 is 2.52 bits per heavy atom. The topological polar surface area (TPSA) is 117 Å². The van der Waals surface area contributed by atoms with E-state index in [4.69, 9.17) is 9.84 Å². The summed E-state index contributed by atoms with van der Waals surface area (Å²) in [6.07, 6.45) is 0.376. The van der Waals surface area contributed by atoms with Crippen LogP contribution >= 0.6 is 0 Å². The van der Waals surface area contributed by atoms with E-state index in [0.717, 1.165) is 0 Å². The van der Waals surface area contributed by atoms with E-state index in [1.165, 1.54) is 0 Å². The number of nitrogens with one attached hydrogen (secondary N) is 3. The Labute approximate surface area is 123 Å². The molecule has 0 saturated carbocycles. The van der Waals surface area contributed by atoms with Crippen LogP contribution in [0.2, 0.25) is 0 Å². The van der Waals surface area contributed by atoms with Crippen molar-refractivity contribution in [2.75, 3.05) is 26.3 Å². The number of hydrogen-bond donors (Lipinski definition) is 4. The maximum Gasteiger partial charge on any atom is 0.332 e. The Balaban J connectivity index is 2.28. The summed E-state index contributed by atoms with van der Waals surface area (Å²) in [4.78, 5) is 34.3. The van der Waals surface area contributed by atoms with E-state index in [1.807, 2.05) is 13.8 Å². The van der Waals surface area contributed by atoms with Crippen LogP contribution in [0.4, 0.5) is 4.79 Å². The Morgan fingerprint density at radius 2 is 2.00 bits per heavy atom. The zero-order valence-electron chi connectivity index (χ0n) is 12.4. The normalized spacial score (nSPS) is 21.1. The summed E-state index contributed by atoms with van der Waals surface area (Å²) in [6, 6.07) is -0.612. The average molecular weight is 301 g/mol. The van der Waals surface area contributed by atoms with Gasteiger partial charge in [-0.25, -0.2) is 9.59 Å². The zero-order chi connectivity index (χ0) is 15.9. The van der Waals surface area contributed by atoms with Crippen LogP contribution in [0.5, 0.6) is 0 Å². The third kappa shape index (κ3) is 5.58. The van der Waals surface area contributed by atoms with Crippen molar-refractivity contribution in [2.45, 2.75) is 32.2 Å². The predicted molar refractivity (Wildman–Crippen MR) is 74.8 cm³/mol. The van der Waals surface area contributed by atoms with Gasteiger partial charge >= 0.3 is 12.0 Å². The number of carboxylic acids is 1. The molecule has 21 heavy (non-hydrogen) atoms. The number of carbonyl (C=O) groups is 3. The number of amides is 3. The molecule has 1 saturated heterocycles. The van der Waals surface area contributed by atoms with Crippen LogP contribution < -0.4 is 16.0 Å². The highest BCUT2D eigenvalue weighted by molar-refractivity contribution is 5.87. The number of ether oxygens (including phenoxy) is 1. The number of hydrogen-bond acceptors (Lipinski definition) is 4. The first-order valence-corrected chi connectivity index (χ1v) is 6.99. The van der Waals surface area contributed by atoms with Gasteiger partial charge in [0, 0.05) is 32.5 Å². The SMILES string of the molecule is CC(C)CNC(=O)CCNC(=O)NC1(C(=O)O)CCOC1. The fourth-order valence-electron chi connectivity index (χ4n) is 1.84. The van der Waals surface area contributed by atoms with Crippen LogP contribution in [-0.2, 0) is 14.3 Å². The first-order chi connectivity index (χ1) is 9.85. The molecular weight excluding hydrogens is 278 g/mol. The molecule has 0 aliphatic carbocycles. The second-order valence-electron chi connectivity index (χ2n) is 5.52. The highest BCUT2D eigenvalue weighted by atomic mass is 16.5. The molecule has 1 aliphatic rings. The first-order valence-electron chi connectivity index (χ1n) is 6.99. The summed E-state index contributed by atoms with van der Waals surface area (Å²) in [6.45, 7) is 4.95. The summed E-state index contributed by atoms with van der Waals surface area (Å²) < 4.78 is 5.03. The van der Waals surface area contributed by atoms with Gasteiger partial charge in [0.2, 0.25) is 5.91 Å². The predicted octanol–water partition coefficient (Wildman–Crippen LogP) is -0.308. The van der Waals surface area contributed by atoms with Gasteiger partial charge in [-0.15, -0.1) is 0 Å². The molecule has 120 valence electrons. The monoisotopic (exact) mass is 301 g/mol. The molecule has 8 nitrogen and oxygen atoms in total. The summed E-state index contributed by atoms with van der Waals surface area (Å²) in [5.74, 6) is -0.908. The fourth-order valence-corrected chi connectivity index (χ4v) is 1.84. The summed E-state index contributed by atoms with van der Waals surface area (Å²) in [5.41, 5.74) is -1.37. The van der Waals surface area contributed by atoms with Crippen LogP contribution in [-0.4, -0.2) is 54.9 Å². The molecule has 0 aromatic carbocycles. The molecule has 0 aromatic heterocycles. The van der Waals surface area contributed by atoms with E-state index >= 15 is 0 Å². The third-order valence-corrected chi connectivity index (χ3v) is 3.13. The van der Waals surface area contributed by atoms with Crippen molar-refractivity contribution in [1.82, 2.24) is 16.0 Å². The van der Waals surface area contributed by atoms with Crippen molar-refractivity contribution < 1.29 is 24.2 Å². The van der Waals surface area contributed by atoms with Crippen molar-refractivity contribution in [2.24, 2.45) is 5.92 Å². The van der Waals surface area contributed by atoms with E-state index in [0.29, 0.717) is 19.1 Å². The van der Waals surface area contributed by atoms with Crippen molar-refractivity contribution in [3.63, 3.8) is 0 Å².